The summed E-state index contributed by atoms with van der Waals surface area (Å²) >= 11 is 0. The summed E-state index contributed by atoms with van der Waals surface area (Å²) in [6.07, 6.45) is 3.96. The molecule has 0 radical (unpaired) electrons. The summed E-state index contributed by atoms with van der Waals surface area (Å²) in [5, 5.41) is 3.31. The first-order valence-corrected chi connectivity index (χ1v) is 5.70. The molecule has 3 nitrogen and oxygen atoms in total. The van der Waals surface area contributed by atoms with Crippen LogP contribution in [0.3, 0.4) is 0 Å². The third-order valence-corrected chi connectivity index (χ3v) is 3.61. The van der Waals surface area contributed by atoms with E-state index in [-0.39, 0.29) is 11.9 Å². The average molecular weight is 197 g/mol. The molecular weight excluding hydrogens is 178 g/mol. The third-order valence-electron chi connectivity index (χ3n) is 3.61. The van der Waals surface area contributed by atoms with Crippen molar-refractivity contribution in [3.63, 3.8) is 0 Å². The summed E-state index contributed by atoms with van der Waals surface area (Å²) in [4.78, 5) is 11.6. The zero-order chi connectivity index (χ0) is 9.97. The predicted octanol–water partition coefficient (Wildman–Crippen LogP) is 1.19. The van der Waals surface area contributed by atoms with Crippen LogP contribution in [0.1, 0.15) is 26.2 Å². The number of ether oxygens (including phenoxy) is 1. The van der Waals surface area contributed by atoms with E-state index in [1.165, 1.54) is 19.3 Å². The minimum atomic E-state index is 0.00870. The molecular formula is C11H19NO2. The van der Waals surface area contributed by atoms with Crippen LogP contribution < -0.4 is 5.32 Å². The minimum Gasteiger partial charge on any atom is -0.466 e. The van der Waals surface area contributed by atoms with Crippen LogP contribution in [0.2, 0.25) is 0 Å². The van der Waals surface area contributed by atoms with Gasteiger partial charge in [0.2, 0.25) is 0 Å². The zero-order valence-electron chi connectivity index (χ0n) is 8.79. The third kappa shape index (κ3) is 1.78. The molecule has 2 rings (SSSR count). The lowest BCUT2D eigenvalue weighted by molar-refractivity contribution is -0.149. The van der Waals surface area contributed by atoms with Crippen molar-refractivity contribution in [1.82, 2.24) is 5.32 Å². The molecule has 0 aromatic carbocycles. The van der Waals surface area contributed by atoms with Gasteiger partial charge in [0.1, 0.15) is 0 Å². The largest absolute Gasteiger partial charge is 0.466 e. The van der Waals surface area contributed by atoms with Gasteiger partial charge in [-0.3, -0.25) is 4.79 Å². The van der Waals surface area contributed by atoms with Crippen molar-refractivity contribution in [2.75, 3.05) is 19.7 Å². The Bertz CT molecular complexity index is 213. The Balaban J connectivity index is 1.92. The maximum Gasteiger partial charge on any atom is 0.310 e. The Kier molecular flexibility index (Phi) is 3.06. The maximum absolute atomic E-state index is 11.6. The quantitative estimate of drug-likeness (QED) is 0.691. The van der Waals surface area contributed by atoms with E-state index in [9.17, 15) is 4.79 Å². The van der Waals surface area contributed by atoms with Crippen molar-refractivity contribution in [2.45, 2.75) is 26.2 Å². The van der Waals surface area contributed by atoms with Gasteiger partial charge in [-0.1, -0.05) is 19.3 Å². The highest BCUT2D eigenvalue weighted by Gasteiger charge is 2.40. The fourth-order valence-corrected chi connectivity index (χ4v) is 2.57. The topological polar surface area (TPSA) is 38.3 Å². The molecule has 1 aliphatic carbocycles. The smallest absolute Gasteiger partial charge is 0.310 e. The molecule has 1 heterocycles. The predicted molar refractivity (Wildman–Crippen MR) is 53.8 cm³/mol. The molecule has 0 spiro atoms. The van der Waals surface area contributed by atoms with Crippen molar-refractivity contribution >= 4 is 5.97 Å². The Morgan fingerprint density at radius 1 is 1.43 bits per heavy atom. The average Bonchev–Trinajstić information content (AvgIpc) is 2.50. The molecule has 80 valence electrons. The van der Waals surface area contributed by atoms with Crippen LogP contribution in [0.15, 0.2) is 0 Å². The number of rotatable bonds is 3. The summed E-state index contributed by atoms with van der Waals surface area (Å²) in [6, 6.07) is 0. The van der Waals surface area contributed by atoms with Gasteiger partial charge in [-0.25, -0.2) is 0 Å². The van der Waals surface area contributed by atoms with Crippen molar-refractivity contribution in [2.24, 2.45) is 17.8 Å². The van der Waals surface area contributed by atoms with Gasteiger partial charge in [-0.15, -0.1) is 0 Å². The lowest BCUT2D eigenvalue weighted by Crippen LogP contribution is -2.33. The second-order valence-electron chi connectivity index (χ2n) is 4.37. The first kappa shape index (κ1) is 9.97. The summed E-state index contributed by atoms with van der Waals surface area (Å²) in [5.41, 5.74) is 0. The Morgan fingerprint density at radius 3 is 2.79 bits per heavy atom. The number of hydrogen-bond donors (Lipinski definition) is 1. The SMILES string of the molecule is CCOC(=O)[C@@H]1CNC[C@H]1C1CCC1. The maximum atomic E-state index is 11.6. The molecule has 0 bridgehead atoms. The zero-order valence-corrected chi connectivity index (χ0v) is 8.79. The second-order valence-corrected chi connectivity index (χ2v) is 4.37. The number of carbonyl (C=O) groups excluding carboxylic acids is 1. The fraction of sp³-hybridized carbons (Fsp3) is 0.909. The van der Waals surface area contributed by atoms with Crippen LogP contribution in [0.25, 0.3) is 0 Å². The Hall–Kier alpha value is -0.570. The second kappa shape index (κ2) is 4.30. The number of carbonyl (C=O) groups is 1. The van der Waals surface area contributed by atoms with Crippen LogP contribution in [0.4, 0.5) is 0 Å². The molecule has 0 aromatic heterocycles. The van der Waals surface area contributed by atoms with E-state index in [1.807, 2.05) is 6.92 Å². The number of nitrogens with one attached hydrogen (secondary N) is 1. The molecule has 2 aliphatic rings. The Morgan fingerprint density at radius 2 is 2.21 bits per heavy atom. The van der Waals surface area contributed by atoms with Crippen molar-refractivity contribution in [3.8, 4) is 0 Å². The van der Waals surface area contributed by atoms with Crippen LogP contribution in [0.5, 0.6) is 0 Å². The number of esters is 1. The van der Waals surface area contributed by atoms with Gasteiger partial charge < -0.3 is 10.1 Å². The van der Waals surface area contributed by atoms with Crippen molar-refractivity contribution < 1.29 is 9.53 Å². The monoisotopic (exact) mass is 197 g/mol. The molecule has 1 saturated heterocycles. The van der Waals surface area contributed by atoms with Crippen LogP contribution in [-0.2, 0) is 9.53 Å². The van der Waals surface area contributed by atoms with E-state index in [1.54, 1.807) is 0 Å². The van der Waals surface area contributed by atoms with Gasteiger partial charge in [-0.2, -0.15) is 0 Å². The summed E-state index contributed by atoms with van der Waals surface area (Å²) < 4.78 is 5.10. The highest BCUT2D eigenvalue weighted by molar-refractivity contribution is 5.73. The van der Waals surface area contributed by atoms with Gasteiger partial charge in [0.25, 0.3) is 0 Å². The summed E-state index contributed by atoms with van der Waals surface area (Å²) in [5.74, 6) is 1.46. The lowest BCUT2D eigenvalue weighted by atomic mass is 9.72. The van der Waals surface area contributed by atoms with Crippen LogP contribution in [0, 0.1) is 17.8 Å². The molecule has 0 aromatic rings. The molecule has 0 amide bonds. The van der Waals surface area contributed by atoms with E-state index in [0.29, 0.717) is 12.5 Å². The standard InChI is InChI=1S/C11H19NO2/c1-2-14-11(13)10-7-12-6-9(10)8-4-3-5-8/h8-10,12H,2-7H2,1H3/t9-,10+/m0/s1. The first-order chi connectivity index (χ1) is 6.83. The van der Waals surface area contributed by atoms with Crippen LogP contribution in [-0.4, -0.2) is 25.7 Å². The lowest BCUT2D eigenvalue weighted by Gasteiger charge is -2.33. The van der Waals surface area contributed by atoms with Crippen molar-refractivity contribution in [1.29, 1.82) is 0 Å². The molecule has 1 aliphatic heterocycles. The summed E-state index contributed by atoms with van der Waals surface area (Å²) in [6.45, 7) is 4.21. The first-order valence-electron chi connectivity index (χ1n) is 5.70. The molecule has 2 atom stereocenters. The normalized spacial score (nSPS) is 32.6. The molecule has 1 N–H and O–H groups in total. The van der Waals surface area contributed by atoms with Crippen molar-refractivity contribution in [3.05, 3.63) is 0 Å². The minimum absolute atomic E-state index is 0.00870. The highest BCUT2D eigenvalue weighted by Crippen LogP contribution is 2.39. The molecule has 0 unspecified atom stereocenters. The van der Waals surface area contributed by atoms with Gasteiger partial charge in [0.15, 0.2) is 0 Å². The summed E-state index contributed by atoms with van der Waals surface area (Å²) in [7, 11) is 0. The highest BCUT2D eigenvalue weighted by atomic mass is 16.5. The van der Waals surface area contributed by atoms with E-state index in [4.69, 9.17) is 4.74 Å². The molecule has 3 heteroatoms. The van der Waals surface area contributed by atoms with Gasteiger partial charge in [0, 0.05) is 6.54 Å². The number of hydrogen-bond acceptors (Lipinski definition) is 3. The van der Waals surface area contributed by atoms with E-state index in [2.05, 4.69) is 5.32 Å². The van der Waals surface area contributed by atoms with E-state index >= 15 is 0 Å². The van der Waals surface area contributed by atoms with E-state index in [0.717, 1.165) is 19.0 Å². The van der Waals surface area contributed by atoms with Gasteiger partial charge >= 0.3 is 5.97 Å². The molecule has 2 fully saturated rings. The fourth-order valence-electron chi connectivity index (χ4n) is 2.57. The Labute approximate surface area is 85.2 Å². The molecule has 14 heavy (non-hydrogen) atoms. The van der Waals surface area contributed by atoms with E-state index < -0.39 is 0 Å². The molecule has 1 saturated carbocycles. The van der Waals surface area contributed by atoms with Crippen LogP contribution >= 0.6 is 0 Å². The van der Waals surface area contributed by atoms with Gasteiger partial charge in [-0.05, 0) is 25.3 Å². The van der Waals surface area contributed by atoms with Gasteiger partial charge in [0.05, 0.1) is 12.5 Å².